The molecule has 358 valence electrons. The van der Waals surface area contributed by atoms with E-state index in [2.05, 4.69) is 21.4 Å². The Morgan fingerprint density at radius 3 is 2.07 bits per heavy atom. The molecule has 0 radical (unpaired) electrons. The van der Waals surface area contributed by atoms with Crippen LogP contribution in [0.5, 0.6) is 11.5 Å². The Labute approximate surface area is 391 Å². The van der Waals surface area contributed by atoms with Crippen LogP contribution < -0.4 is 26.0 Å². The molecule has 6 rings (SSSR count). The summed E-state index contributed by atoms with van der Waals surface area (Å²) < 4.78 is 34.9. The number of nitrogens with zero attached hydrogens (tertiary/aromatic N) is 4. The van der Waals surface area contributed by atoms with E-state index in [1.165, 1.54) is 17.7 Å². The molecule has 67 heavy (non-hydrogen) atoms. The van der Waals surface area contributed by atoms with Gasteiger partial charge < -0.3 is 0 Å². The Morgan fingerprint density at radius 1 is 0.925 bits per heavy atom. The van der Waals surface area contributed by atoms with Crippen LogP contribution in [0.4, 0.5) is 0 Å². The van der Waals surface area contributed by atoms with Crippen molar-refractivity contribution in [3.05, 3.63) is 158 Å². The van der Waals surface area contributed by atoms with Gasteiger partial charge in [0.2, 0.25) is 0 Å². The molecule has 4 atom stereocenters. The average Bonchev–Trinajstić information content (AvgIpc) is 3.69. The topological polar surface area (TPSA) is 210 Å². The molecule has 0 saturated carbocycles. The summed E-state index contributed by atoms with van der Waals surface area (Å²) in [5.41, 5.74) is -1.07. The maximum absolute atomic E-state index is 13.9. The number of carbonyl (C=O) groups is 1. The number of amides is 1. The summed E-state index contributed by atoms with van der Waals surface area (Å²) in [4.78, 5) is 74.0. The van der Waals surface area contributed by atoms with E-state index < -0.39 is 60.2 Å². The van der Waals surface area contributed by atoms with Gasteiger partial charge >= 0.3 is 387 Å². The van der Waals surface area contributed by atoms with Crippen molar-refractivity contribution in [3.8, 4) is 17.6 Å². The number of nitriles is 1. The molecule has 3 heterocycles. The molecule has 5 aromatic rings. The molecule has 17 heteroatoms. The summed E-state index contributed by atoms with van der Waals surface area (Å²) in [6, 6.07) is 31.2. The zero-order valence-electron chi connectivity index (χ0n) is 39.2. The first-order valence-electron chi connectivity index (χ1n) is 22.5. The van der Waals surface area contributed by atoms with Crippen molar-refractivity contribution >= 4 is 13.1 Å². The number of benzene rings is 3. The van der Waals surface area contributed by atoms with Gasteiger partial charge in [0.25, 0.3) is 0 Å². The van der Waals surface area contributed by atoms with E-state index in [9.17, 15) is 29.4 Å². The molecule has 0 bridgehead atoms. The fourth-order valence-corrected chi connectivity index (χ4v) is 14.5. The predicted molar refractivity (Wildman–Crippen MR) is 256 cm³/mol. The number of H-pyrrole nitrogens is 1. The number of hydrogen-bond acceptors (Lipinski definition) is 13. The van der Waals surface area contributed by atoms with E-state index in [-0.39, 0.29) is 43.7 Å². The number of carbonyl (C=O) groups excluding carboxylic acids is 1. The second kappa shape index (κ2) is 21.9. The van der Waals surface area contributed by atoms with E-state index in [1.54, 1.807) is 25.1 Å². The number of aromatic nitrogens is 3. The van der Waals surface area contributed by atoms with Crippen LogP contribution in [0.3, 0.4) is 0 Å². The number of nitrogens with one attached hydrogen (secondary N) is 2. The summed E-state index contributed by atoms with van der Waals surface area (Å²) in [7, 11) is -2.35. The van der Waals surface area contributed by atoms with Crippen LogP contribution in [0.25, 0.3) is 0 Å². The first-order chi connectivity index (χ1) is 32.1. The molecule has 16 nitrogen and oxygen atoms in total. The minimum atomic E-state index is -5.51. The summed E-state index contributed by atoms with van der Waals surface area (Å²) in [5.74, 6) is 0.903. The number of methoxy groups -OCH3 is 2. The number of ether oxygens (including phenoxy) is 5. The fraction of sp³-hybridized carbons (Fsp3) is 0.420. The number of aromatic amines is 1. The van der Waals surface area contributed by atoms with Crippen molar-refractivity contribution in [1.29, 1.82) is 5.26 Å². The Hall–Kier alpha value is -5.76. The van der Waals surface area contributed by atoms with Crippen molar-refractivity contribution in [2.45, 2.75) is 95.7 Å². The van der Waals surface area contributed by atoms with Gasteiger partial charge in [-0.1, -0.05) is 0 Å². The number of pyridine rings is 1. The SMILES string of the molecule is COc1ccc(C(OC[C@H]2O[C@@H](n3cc(C)c(=O)[nH]c3=O)[C@@H](OCCC(=O)NCCc3ccccn3)[C@@H]2P(O)(O)(CCC#N)N(C(C)C)C(C)C)(c2ccccc2)c2ccc(OC)cc2)cc1. The second-order valence-electron chi connectivity index (χ2n) is 17.3. The Bertz CT molecular complexity index is 2510. The van der Waals surface area contributed by atoms with Gasteiger partial charge in [0.15, 0.2) is 0 Å². The number of aryl methyl sites for hydroxylation is 1. The van der Waals surface area contributed by atoms with Crippen molar-refractivity contribution < 1.29 is 38.3 Å². The van der Waals surface area contributed by atoms with E-state index in [1.807, 2.05) is 125 Å². The van der Waals surface area contributed by atoms with Gasteiger partial charge in [0, 0.05) is 0 Å². The molecule has 1 amide bonds. The van der Waals surface area contributed by atoms with Crippen molar-refractivity contribution in [2.75, 3.05) is 40.1 Å². The van der Waals surface area contributed by atoms with Gasteiger partial charge in [-0.05, 0) is 6.07 Å². The van der Waals surface area contributed by atoms with Crippen LogP contribution in [-0.4, -0.2) is 105 Å². The van der Waals surface area contributed by atoms with Crippen molar-refractivity contribution in [1.82, 2.24) is 24.5 Å². The fourth-order valence-electron chi connectivity index (χ4n) is 9.50. The standard InChI is InChI=1S/C50H63N6O10P/c1-34(2)56(35(3)4)67(60,61,31-13-27-51)46-43(33-65-50(37-14-9-8-10-15-37,38-17-21-41(62-6)22-18-38)39-19-23-42(63-7)24-20-39)66-48(55-32-36(5)47(58)54-49(55)59)45(46)64-30-26-44(57)53-29-25-40-16-11-12-28-52-40/h8-12,14-24,28,32,34-35,43,45-46,48,60-61H,13,25-26,29-31,33H2,1-7H3,(H,53,57)(H,54,58,59)/t43-,45+,46-,48-/m1/s1. The van der Waals surface area contributed by atoms with Crippen LogP contribution in [-0.2, 0) is 31.0 Å². The van der Waals surface area contributed by atoms with Crippen LogP contribution in [0, 0.1) is 18.3 Å². The summed E-state index contributed by atoms with van der Waals surface area (Å²) in [6.07, 6.45) is -1.20. The summed E-state index contributed by atoms with van der Waals surface area (Å²) in [5, 5.41) is 13.0. The van der Waals surface area contributed by atoms with E-state index in [4.69, 9.17) is 23.7 Å². The van der Waals surface area contributed by atoms with Crippen molar-refractivity contribution in [3.63, 3.8) is 0 Å². The Morgan fingerprint density at radius 2 is 1.52 bits per heavy atom. The molecule has 1 aliphatic heterocycles. The Balaban J connectivity index is 1.52. The summed E-state index contributed by atoms with van der Waals surface area (Å²) >= 11 is 0. The van der Waals surface area contributed by atoms with Gasteiger partial charge in [0.1, 0.15) is 0 Å². The predicted octanol–water partition coefficient (Wildman–Crippen LogP) is 5.98. The van der Waals surface area contributed by atoms with Crippen LogP contribution >= 0.6 is 7.21 Å². The molecule has 1 saturated heterocycles. The first-order valence-corrected chi connectivity index (χ1v) is 24.8. The van der Waals surface area contributed by atoms with E-state index in [0.29, 0.717) is 35.6 Å². The normalized spacial score (nSPS) is 18.1. The molecule has 0 unspecified atom stereocenters. The average molecular weight is 939 g/mol. The third-order valence-electron chi connectivity index (χ3n) is 12.3. The van der Waals surface area contributed by atoms with Crippen LogP contribution in [0.1, 0.15) is 74.7 Å². The molecular weight excluding hydrogens is 876 g/mol. The van der Waals surface area contributed by atoms with Gasteiger partial charge in [-0.3, -0.25) is 0 Å². The van der Waals surface area contributed by atoms with Gasteiger partial charge in [-0.15, -0.1) is 0 Å². The summed E-state index contributed by atoms with van der Waals surface area (Å²) in [6.45, 7) is 8.67. The number of hydrogen-bond donors (Lipinski definition) is 4. The molecule has 0 aliphatic carbocycles. The third kappa shape index (κ3) is 11.0. The quantitative estimate of drug-likeness (QED) is 0.0466. The van der Waals surface area contributed by atoms with Gasteiger partial charge in [-0.25, -0.2) is 0 Å². The zero-order valence-corrected chi connectivity index (χ0v) is 40.1. The molecule has 2 aromatic heterocycles. The molecule has 3 aromatic carbocycles. The third-order valence-corrected chi connectivity index (χ3v) is 17.1. The molecular formula is C50H63N6O10P. The van der Waals surface area contributed by atoms with Gasteiger partial charge in [0.05, 0.1) is 0 Å². The van der Waals surface area contributed by atoms with E-state index in [0.717, 1.165) is 11.3 Å². The maximum atomic E-state index is 13.9. The van der Waals surface area contributed by atoms with E-state index >= 15 is 0 Å². The molecule has 4 N–H and O–H groups in total. The molecule has 1 aliphatic rings. The number of rotatable bonds is 22. The van der Waals surface area contributed by atoms with Gasteiger partial charge in [-0.2, -0.15) is 0 Å². The second-order valence-corrected chi connectivity index (χ2v) is 21.2. The monoisotopic (exact) mass is 938 g/mol. The minimum absolute atomic E-state index is 0.131. The molecule has 1 fully saturated rings. The molecule has 0 spiro atoms. The zero-order chi connectivity index (χ0) is 48.4. The first kappa shape index (κ1) is 50.6. The van der Waals surface area contributed by atoms with Crippen molar-refractivity contribution in [2.24, 2.45) is 0 Å². The van der Waals surface area contributed by atoms with Crippen LogP contribution in [0.15, 0.2) is 119 Å². The van der Waals surface area contributed by atoms with Crippen LogP contribution in [0.2, 0.25) is 0 Å². The Kier molecular flexibility index (Phi) is 16.6.